The highest BCUT2D eigenvalue weighted by molar-refractivity contribution is 5.80. The first-order valence-corrected chi connectivity index (χ1v) is 9.68. The number of amides is 1. The quantitative estimate of drug-likeness (QED) is 0.452. The Hall–Kier alpha value is -2.35. The Morgan fingerprint density at radius 3 is 2.81 bits per heavy atom. The van der Waals surface area contributed by atoms with Crippen molar-refractivity contribution in [1.29, 1.82) is 0 Å². The van der Waals surface area contributed by atoms with Gasteiger partial charge in [-0.25, -0.2) is 4.98 Å². The number of nitrogens with two attached hydrogens (primary N) is 1. The lowest BCUT2D eigenvalue weighted by Crippen LogP contribution is -2.49. The van der Waals surface area contributed by atoms with E-state index in [1.165, 1.54) is 12.8 Å². The number of aromatic nitrogens is 1. The summed E-state index contributed by atoms with van der Waals surface area (Å²) in [5, 5.41) is 6.81. The van der Waals surface area contributed by atoms with Crippen LogP contribution in [0.1, 0.15) is 31.2 Å². The Morgan fingerprint density at radius 2 is 2.15 bits per heavy atom. The average molecular weight is 374 g/mol. The zero-order valence-electron chi connectivity index (χ0n) is 16.0. The molecular formula is C19H30N6O2. The Bertz CT molecular complexity index is 653. The molecule has 1 saturated heterocycles. The number of carbonyl (C=O) groups excluding carboxylic acids is 1. The van der Waals surface area contributed by atoms with E-state index in [1.54, 1.807) is 13.2 Å². The van der Waals surface area contributed by atoms with E-state index in [9.17, 15) is 4.79 Å². The largest absolute Gasteiger partial charge is 0.477 e. The number of hydrogen-bond donors (Lipinski definition) is 3. The van der Waals surface area contributed by atoms with Crippen molar-refractivity contribution in [3.8, 4) is 5.88 Å². The summed E-state index contributed by atoms with van der Waals surface area (Å²) < 4.78 is 5.74. The highest BCUT2D eigenvalue weighted by atomic mass is 16.5. The van der Waals surface area contributed by atoms with Gasteiger partial charge in [-0.3, -0.25) is 14.7 Å². The smallest absolute Gasteiger partial charge is 0.231 e. The molecule has 2 fully saturated rings. The van der Waals surface area contributed by atoms with Gasteiger partial charge in [-0.1, -0.05) is 0 Å². The van der Waals surface area contributed by atoms with Gasteiger partial charge < -0.3 is 21.1 Å². The van der Waals surface area contributed by atoms with E-state index in [2.05, 4.69) is 25.5 Å². The number of ether oxygens (including phenoxy) is 1. The summed E-state index contributed by atoms with van der Waals surface area (Å²) in [6.07, 6.45) is 6.24. The second-order valence-electron chi connectivity index (χ2n) is 7.34. The van der Waals surface area contributed by atoms with Gasteiger partial charge in [0.25, 0.3) is 0 Å². The van der Waals surface area contributed by atoms with Gasteiger partial charge in [0.15, 0.2) is 5.96 Å². The highest BCUT2D eigenvalue weighted by Gasteiger charge is 2.22. The van der Waals surface area contributed by atoms with Crippen molar-refractivity contribution in [2.24, 2.45) is 16.6 Å². The maximum atomic E-state index is 11.0. The zero-order chi connectivity index (χ0) is 19.1. The van der Waals surface area contributed by atoms with Gasteiger partial charge >= 0.3 is 0 Å². The zero-order valence-corrected chi connectivity index (χ0v) is 16.0. The molecule has 8 heteroatoms. The summed E-state index contributed by atoms with van der Waals surface area (Å²) in [7, 11) is 1.77. The maximum absolute atomic E-state index is 11.0. The molecule has 1 amide bonds. The predicted molar refractivity (Wildman–Crippen MR) is 104 cm³/mol. The second kappa shape index (κ2) is 9.55. The van der Waals surface area contributed by atoms with Crippen LogP contribution in [0.2, 0.25) is 0 Å². The third-order valence-corrected chi connectivity index (χ3v) is 4.95. The van der Waals surface area contributed by atoms with Crippen LogP contribution in [-0.2, 0) is 11.3 Å². The van der Waals surface area contributed by atoms with Crippen LogP contribution < -0.4 is 21.1 Å². The Kier molecular flexibility index (Phi) is 6.86. The van der Waals surface area contributed by atoms with E-state index in [0.717, 1.165) is 44.1 Å². The lowest BCUT2D eigenvalue weighted by Gasteiger charge is -2.32. The van der Waals surface area contributed by atoms with E-state index in [0.29, 0.717) is 30.9 Å². The average Bonchev–Trinajstić information content (AvgIpc) is 3.49. The lowest BCUT2D eigenvalue weighted by molar-refractivity contribution is -0.119. The molecule has 0 radical (unpaired) electrons. The normalized spacial score (nSPS) is 18.9. The number of guanidine groups is 1. The van der Waals surface area contributed by atoms with Crippen LogP contribution in [0, 0.1) is 5.92 Å². The number of likely N-dealkylation sites (tertiary alicyclic amines) is 1. The number of carbonyl (C=O) groups is 1. The minimum Gasteiger partial charge on any atom is -0.477 e. The number of hydrogen-bond acceptors (Lipinski definition) is 5. The number of nitrogens with one attached hydrogen (secondary N) is 2. The van der Waals surface area contributed by atoms with Crippen LogP contribution in [0.3, 0.4) is 0 Å². The summed E-state index contributed by atoms with van der Waals surface area (Å²) in [5.41, 5.74) is 6.37. The van der Waals surface area contributed by atoms with Crippen LogP contribution in [0.4, 0.5) is 0 Å². The molecule has 1 aromatic rings. The molecule has 0 atom stereocenters. The summed E-state index contributed by atoms with van der Waals surface area (Å²) in [6, 6.07) is 4.30. The van der Waals surface area contributed by atoms with Gasteiger partial charge in [0.2, 0.25) is 11.8 Å². The summed E-state index contributed by atoms with van der Waals surface area (Å²) in [5.74, 6) is 1.91. The minimum atomic E-state index is -0.267. The minimum absolute atomic E-state index is 0.267. The van der Waals surface area contributed by atoms with Gasteiger partial charge in [0.05, 0.1) is 13.2 Å². The van der Waals surface area contributed by atoms with Crippen molar-refractivity contribution in [3.05, 3.63) is 23.9 Å². The molecule has 3 rings (SSSR count). The monoisotopic (exact) mass is 374 g/mol. The van der Waals surface area contributed by atoms with Gasteiger partial charge in [-0.2, -0.15) is 0 Å². The van der Waals surface area contributed by atoms with E-state index >= 15 is 0 Å². The molecule has 0 unspecified atom stereocenters. The Labute approximate surface area is 160 Å². The number of piperidine rings is 1. The van der Waals surface area contributed by atoms with Crippen molar-refractivity contribution in [2.75, 3.05) is 33.3 Å². The van der Waals surface area contributed by atoms with Crippen LogP contribution in [-0.4, -0.2) is 61.1 Å². The molecule has 0 bridgehead atoms. The third kappa shape index (κ3) is 6.71. The van der Waals surface area contributed by atoms with Crippen LogP contribution in [0.5, 0.6) is 5.88 Å². The van der Waals surface area contributed by atoms with Gasteiger partial charge in [0.1, 0.15) is 0 Å². The number of aliphatic imine (C=N–C) groups is 1. The van der Waals surface area contributed by atoms with Crippen molar-refractivity contribution >= 4 is 11.9 Å². The fourth-order valence-electron chi connectivity index (χ4n) is 3.16. The van der Waals surface area contributed by atoms with Gasteiger partial charge in [0, 0.05) is 45.0 Å². The summed E-state index contributed by atoms with van der Waals surface area (Å²) in [4.78, 5) is 21.7. The van der Waals surface area contributed by atoms with Crippen molar-refractivity contribution < 1.29 is 9.53 Å². The van der Waals surface area contributed by atoms with E-state index in [4.69, 9.17) is 10.5 Å². The van der Waals surface area contributed by atoms with Crippen LogP contribution in [0.15, 0.2) is 23.3 Å². The number of primary amides is 1. The third-order valence-electron chi connectivity index (χ3n) is 4.95. The molecule has 2 heterocycles. The Balaban J connectivity index is 1.41. The topological polar surface area (TPSA) is 105 Å². The molecule has 1 aromatic heterocycles. The Morgan fingerprint density at radius 1 is 1.37 bits per heavy atom. The van der Waals surface area contributed by atoms with Gasteiger partial charge in [-0.05, 0) is 43.2 Å². The van der Waals surface area contributed by atoms with E-state index < -0.39 is 0 Å². The van der Waals surface area contributed by atoms with E-state index in [-0.39, 0.29) is 5.91 Å². The summed E-state index contributed by atoms with van der Waals surface area (Å²) >= 11 is 0. The predicted octanol–water partition coefficient (Wildman–Crippen LogP) is 0.485. The highest BCUT2D eigenvalue weighted by Crippen LogP contribution is 2.29. The molecule has 0 spiro atoms. The first-order chi connectivity index (χ1) is 13.1. The van der Waals surface area contributed by atoms with Crippen LogP contribution >= 0.6 is 0 Å². The molecule has 4 N–H and O–H groups in total. The second-order valence-corrected chi connectivity index (χ2v) is 7.34. The molecular weight excluding hydrogens is 344 g/mol. The first kappa shape index (κ1) is 19.4. The fraction of sp³-hybridized carbons (Fsp3) is 0.632. The molecule has 8 nitrogen and oxygen atoms in total. The number of pyridine rings is 1. The van der Waals surface area contributed by atoms with Crippen molar-refractivity contribution in [2.45, 2.75) is 38.3 Å². The number of rotatable bonds is 8. The molecule has 1 aliphatic heterocycles. The van der Waals surface area contributed by atoms with Crippen molar-refractivity contribution in [1.82, 2.24) is 20.5 Å². The lowest BCUT2D eigenvalue weighted by atomic mass is 10.1. The maximum Gasteiger partial charge on any atom is 0.231 e. The molecule has 27 heavy (non-hydrogen) atoms. The molecule has 1 aliphatic carbocycles. The fourth-order valence-corrected chi connectivity index (χ4v) is 3.16. The van der Waals surface area contributed by atoms with E-state index in [1.807, 2.05) is 12.1 Å². The van der Waals surface area contributed by atoms with Crippen molar-refractivity contribution in [3.63, 3.8) is 0 Å². The first-order valence-electron chi connectivity index (χ1n) is 9.68. The molecule has 1 saturated carbocycles. The molecule has 2 aliphatic rings. The SMILES string of the molecule is CN=C(NCc1ccnc(OCC2CC2)c1)NC1CCN(CC(N)=O)CC1. The molecule has 148 valence electrons. The van der Waals surface area contributed by atoms with Gasteiger partial charge in [-0.15, -0.1) is 0 Å². The number of nitrogens with zero attached hydrogens (tertiary/aromatic N) is 3. The standard InChI is InChI=1S/C19H30N6O2/c1-21-19(24-16-5-8-25(9-6-16)12-17(20)26)23-11-15-4-7-22-18(10-15)27-13-14-2-3-14/h4,7,10,14,16H,2-3,5-6,8-9,11-13H2,1H3,(H2,20,26)(H2,21,23,24). The molecule has 0 aromatic carbocycles. The summed E-state index contributed by atoms with van der Waals surface area (Å²) in [6.45, 7) is 3.49. The van der Waals surface area contributed by atoms with Crippen LogP contribution in [0.25, 0.3) is 0 Å².